The number of aryl methyl sites for hydroxylation is 1. The van der Waals surface area contributed by atoms with E-state index in [1.54, 1.807) is 12.4 Å². The van der Waals surface area contributed by atoms with E-state index >= 15 is 0 Å². The maximum atomic E-state index is 4.11. The molecule has 5 nitrogen and oxygen atoms in total. The summed E-state index contributed by atoms with van der Waals surface area (Å²) >= 11 is 0. The van der Waals surface area contributed by atoms with Gasteiger partial charge in [-0.05, 0) is 12.1 Å². The molecular weight excluding hydrogens is 190 g/mol. The summed E-state index contributed by atoms with van der Waals surface area (Å²) in [7, 11) is 1.94. The van der Waals surface area contributed by atoms with E-state index in [2.05, 4.69) is 20.4 Å². The van der Waals surface area contributed by atoms with Gasteiger partial charge in [0.15, 0.2) is 0 Å². The van der Waals surface area contributed by atoms with Gasteiger partial charge in [-0.1, -0.05) is 0 Å². The van der Waals surface area contributed by atoms with Crippen LogP contribution in [0.5, 0.6) is 0 Å². The molecule has 0 fully saturated rings. The molecule has 0 bridgehead atoms. The Balaban J connectivity index is 1.83. The van der Waals surface area contributed by atoms with E-state index < -0.39 is 0 Å². The summed E-state index contributed by atoms with van der Waals surface area (Å²) in [6.45, 7) is 0.844. The first kappa shape index (κ1) is 9.64. The number of aromatic nitrogens is 4. The van der Waals surface area contributed by atoms with Gasteiger partial charge in [-0.15, -0.1) is 0 Å². The molecule has 2 aromatic heterocycles. The van der Waals surface area contributed by atoms with Crippen LogP contribution in [0.2, 0.25) is 0 Å². The van der Waals surface area contributed by atoms with Crippen LogP contribution >= 0.6 is 0 Å². The number of hydrogen-bond acceptors (Lipinski definition) is 4. The average molecular weight is 203 g/mol. The van der Waals surface area contributed by atoms with Crippen molar-refractivity contribution in [3.63, 3.8) is 0 Å². The van der Waals surface area contributed by atoms with E-state index in [1.165, 1.54) is 12.0 Å². The molecule has 0 spiro atoms. The molecule has 0 atom stereocenters. The van der Waals surface area contributed by atoms with Crippen molar-refractivity contribution in [2.75, 3.05) is 11.9 Å². The molecule has 2 heterocycles. The fraction of sp³-hybridized carbons (Fsp3) is 0.300. The molecule has 0 aliphatic rings. The zero-order valence-electron chi connectivity index (χ0n) is 8.59. The molecule has 2 aromatic rings. The molecule has 0 saturated carbocycles. The van der Waals surface area contributed by atoms with Crippen molar-refractivity contribution in [3.8, 4) is 0 Å². The Morgan fingerprint density at radius 2 is 2.27 bits per heavy atom. The van der Waals surface area contributed by atoms with E-state index in [1.807, 2.05) is 23.9 Å². The van der Waals surface area contributed by atoms with Gasteiger partial charge in [0.25, 0.3) is 0 Å². The Labute approximate surface area is 88.2 Å². The number of nitrogens with one attached hydrogen (secondary N) is 1. The van der Waals surface area contributed by atoms with Crippen LogP contribution in [-0.2, 0) is 13.5 Å². The lowest BCUT2D eigenvalue weighted by Gasteiger charge is -2.04. The second-order valence-electron chi connectivity index (χ2n) is 3.22. The highest BCUT2D eigenvalue weighted by Crippen LogP contribution is 2.00. The Morgan fingerprint density at radius 1 is 1.33 bits per heavy atom. The zero-order valence-corrected chi connectivity index (χ0v) is 8.59. The highest BCUT2D eigenvalue weighted by molar-refractivity contribution is 5.31. The Morgan fingerprint density at radius 3 is 2.93 bits per heavy atom. The van der Waals surface area contributed by atoms with Gasteiger partial charge in [-0.3, -0.25) is 4.68 Å². The molecule has 2 rings (SSSR count). The van der Waals surface area contributed by atoms with Crippen molar-refractivity contribution in [2.45, 2.75) is 6.42 Å². The van der Waals surface area contributed by atoms with Crippen molar-refractivity contribution in [1.29, 1.82) is 0 Å². The van der Waals surface area contributed by atoms with Crippen LogP contribution in [0, 0.1) is 0 Å². The summed E-state index contributed by atoms with van der Waals surface area (Å²) in [4.78, 5) is 7.93. The summed E-state index contributed by atoms with van der Waals surface area (Å²) in [5, 5.41) is 7.32. The largest absolute Gasteiger partial charge is 0.370 e. The molecule has 5 heteroatoms. The van der Waals surface area contributed by atoms with Gasteiger partial charge in [0, 0.05) is 38.1 Å². The van der Waals surface area contributed by atoms with Crippen LogP contribution in [0.4, 0.5) is 5.82 Å². The fourth-order valence-corrected chi connectivity index (χ4v) is 1.36. The van der Waals surface area contributed by atoms with Gasteiger partial charge < -0.3 is 5.32 Å². The van der Waals surface area contributed by atoms with Gasteiger partial charge in [-0.25, -0.2) is 9.97 Å². The predicted octanol–water partition coefficient (Wildman–Crippen LogP) is 0.865. The number of rotatable bonds is 4. The topological polar surface area (TPSA) is 55.6 Å². The lowest BCUT2D eigenvalue weighted by molar-refractivity contribution is 0.711. The molecule has 0 unspecified atom stereocenters. The van der Waals surface area contributed by atoms with E-state index in [9.17, 15) is 0 Å². The highest BCUT2D eigenvalue weighted by Gasteiger charge is 1.97. The standard InChI is InChI=1S/C10H13N5/c1-15-9(3-7-14-15)2-6-12-10-4-5-11-8-13-10/h3-5,7-8H,2,6H2,1H3,(H,11,12,13). The Hall–Kier alpha value is -1.91. The SMILES string of the molecule is Cn1nccc1CCNc1ccncn1. The molecule has 0 aromatic carbocycles. The van der Waals surface area contributed by atoms with Gasteiger partial charge in [-0.2, -0.15) is 5.10 Å². The minimum atomic E-state index is 0.844. The van der Waals surface area contributed by atoms with Gasteiger partial charge >= 0.3 is 0 Å². The lowest BCUT2D eigenvalue weighted by Crippen LogP contribution is -2.09. The van der Waals surface area contributed by atoms with Crippen molar-refractivity contribution < 1.29 is 0 Å². The second-order valence-corrected chi connectivity index (χ2v) is 3.22. The maximum Gasteiger partial charge on any atom is 0.129 e. The van der Waals surface area contributed by atoms with Crippen LogP contribution in [-0.4, -0.2) is 26.3 Å². The Kier molecular flexibility index (Phi) is 2.92. The van der Waals surface area contributed by atoms with E-state index in [0.717, 1.165) is 18.8 Å². The average Bonchev–Trinajstić information content (AvgIpc) is 2.66. The third-order valence-electron chi connectivity index (χ3n) is 2.19. The smallest absolute Gasteiger partial charge is 0.129 e. The first-order valence-electron chi connectivity index (χ1n) is 4.83. The summed E-state index contributed by atoms with van der Waals surface area (Å²) in [5.41, 5.74) is 1.21. The van der Waals surface area contributed by atoms with Crippen molar-refractivity contribution in [1.82, 2.24) is 19.7 Å². The van der Waals surface area contributed by atoms with Crippen LogP contribution in [0.25, 0.3) is 0 Å². The van der Waals surface area contributed by atoms with Crippen LogP contribution in [0.15, 0.2) is 30.9 Å². The number of nitrogens with zero attached hydrogens (tertiary/aromatic N) is 4. The lowest BCUT2D eigenvalue weighted by atomic mass is 10.3. The second kappa shape index (κ2) is 4.54. The molecule has 0 amide bonds. The first-order chi connectivity index (χ1) is 7.36. The van der Waals surface area contributed by atoms with E-state index in [-0.39, 0.29) is 0 Å². The molecule has 78 valence electrons. The minimum absolute atomic E-state index is 0.844. The van der Waals surface area contributed by atoms with Gasteiger partial charge in [0.05, 0.1) is 0 Å². The third kappa shape index (κ3) is 2.52. The number of anilines is 1. The van der Waals surface area contributed by atoms with Crippen LogP contribution < -0.4 is 5.32 Å². The summed E-state index contributed by atoms with van der Waals surface area (Å²) in [6, 6.07) is 3.87. The maximum absolute atomic E-state index is 4.11. The van der Waals surface area contributed by atoms with Gasteiger partial charge in [0.1, 0.15) is 12.1 Å². The first-order valence-corrected chi connectivity index (χ1v) is 4.83. The number of hydrogen-bond donors (Lipinski definition) is 1. The summed E-state index contributed by atoms with van der Waals surface area (Å²) < 4.78 is 1.88. The van der Waals surface area contributed by atoms with E-state index in [4.69, 9.17) is 0 Å². The summed E-state index contributed by atoms with van der Waals surface area (Å²) in [5.74, 6) is 0.854. The van der Waals surface area contributed by atoms with Crippen LogP contribution in [0.3, 0.4) is 0 Å². The fourth-order valence-electron chi connectivity index (χ4n) is 1.36. The van der Waals surface area contributed by atoms with Crippen molar-refractivity contribution in [2.24, 2.45) is 7.05 Å². The minimum Gasteiger partial charge on any atom is -0.370 e. The molecule has 0 saturated heterocycles. The summed E-state index contributed by atoms with van der Waals surface area (Å²) in [6.07, 6.45) is 5.99. The normalized spacial score (nSPS) is 10.2. The van der Waals surface area contributed by atoms with E-state index in [0.29, 0.717) is 0 Å². The van der Waals surface area contributed by atoms with Crippen LogP contribution in [0.1, 0.15) is 5.69 Å². The predicted molar refractivity (Wildman–Crippen MR) is 57.4 cm³/mol. The molecule has 0 aliphatic heterocycles. The Bertz CT molecular complexity index is 409. The van der Waals surface area contributed by atoms with Gasteiger partial charge in [0.2, 0.25) is 0 Å². The molecule has 0 aliphatic carbocycles. The van der Waals surface area contributed by atoms with Crippen molar-refractivity contribution >= 4 is 5.82 Å². The monoisotopic (exact) mass is 203 g/mol. The molecule has 1 N–H and O–H groups in total. The zero-order chi connectivity index (χ0) is 10.5. The third-order valence-corrected chi connectivity index (χ3v) is 2.19. The quantitative estimate of drug-likeness (QED) is 0.801. The molecule has 0 radical (unpaired) electrons. The highest BCUT2D eigenvalue weighted by atomic mass is 15.3. The van der Waals surface area contributed by atoms with Crippen molar-refractivity contribution in [3.05, 3.63) is 36.5 Å². The molecule has 15 heavy (non-hydrogen) atoms. The molecular formula is C10H13N5.